The molecule has 0 spiro atoms. The van der Waals surface area contributed by atoms with Gasteiger partial charge in [-0.25, -0.2) is 9.13 Å². The molecule has 0 aliphatic heterocycles. The van der Waals surface area contributed by atoms with Crippen molar-refractivity contribution in [1.29, 1.82) is 0 Å². The van der Waals surface area contributed by atoms with Gasteiger partial charge in [-0.3, -0.25) is 0 Å². The molecular formula is C15H18ClN2+. The van der Waals surface area contributed by atoms with Gasteiger partial charge in [-0.15, -0.1) is 0 Å². The second kappa shape index (κ2) is 4.13. The summed E-state index contributed by atoms with van der Waals surface area (Å²) in [7, 11) is 0. The highest BCUT2D eigenvalue weighted by Gasteiger charge is 2.40. The van der Waals surface area contributed by atoms with Crippen molar-refractivity contribution in [2.45, 2.75) is 32.7 Å². The van der Waals surface area contributed by atoms with E-state index in [1.165, 1.54) is 12.8 Å². The van der Waals surface area contributed by atoms with Crippen molar-refractivity contribution in [3.8, 4) is 5.69 Å². The summed E-state index contributed by atoms with van der Waals surface area (Å²) in [5, 5.41) is 0.777. The Morgan fingerprint density at radius 3 is 2.50 bits per heavy atom. The van der Waals surface area contributed by atoms with Gasteiger partial charge in [-0.05, 0) is 42.5 Å². The lowest BCUT2D eigenvalue weighted by atomic mass is 9.68. The van der Waals surface area contributed by atoms with Crippen molar-refractivity contribution in [1.82, 2.24) is 4.57 Å². The van der Waals surface area contributed by atoms with Gasteiger partial charge in [0, 0.05) is 5.02 Å². The fourth-order valence-electron chi connectivity index (χ4n) is 2.78. The number of imidazole rings is 1. The highest BCUT2D eigenvalue weighted by molar-refractivity contribution is 6.30. The van der Waals surface area contributed by atoms with E-state index in [1.54, 1.807) is 0 Å². The molecular weight excluding hydrogens is 244 g/mol. The Morgan fingerprint density at radius 2 is 1.89 bits per heavy atom. The Bertz CT molecular complexity index is 546. The molecule has 3 rings (SSSR count). The van der Waals surface area contributed by atoms with E-state index in [4.69, 9.17) is 11.6 Å². The third kappa shape index (κ3) is 2.17. The van der Waals surface area contributed by atoms with Gasteiger partial charge in [0.15, 0.2) is 0 Å². The lowest BCUT2D eigenvalue weighted by Gasteiger charge is -2.40. The van der Waals surface area contributed by atoms with Crippen LogP contribution in [0.15, 0.2) is 43.0 Å². The van der Waals surface area contributed by atoms with Crippen molar-refractivity contribution in [3.05, 3.63) is 48.0 Å². The average molecular weight is 262 g/mol. The van der Waals surface area contributed by atoms with Crippen LogP contribution in [-0.2, 0) is 0 Å². The number of rotatable bonds is 2. The van der Waals surface area contributed by atoms with Crippen LogP contribution >= 0.6 is 11.6 Å². The van der Waals surface area contributed by atoms with Crippen LogP contribution in [0.25, 0.3) is 5.69 Å². The van der Waals surface area contributed by atoms with E-state index in [0.717, 1.165) is 10.7 Å². The first-order valence-electron chi connectivity index (χ1n) is 6.38. The molecule has 1 aromatic carbocycles. The zero-order chi connectivity index (χ0) is 12.8. The quantitative estimate of drug-likeness (QED) is 0.728. The van der Waals surface area contributed by atoms with Crippen LogP contribution in [0.1, 0.15) is 32.7 Å². The number of nitrogens with zero attached hydrogens (tertiary/aromatic N) is 2. The summed E-state index contributed by atoms with van der Waals surface area (Å²) in [5.41, 5.74) is 1.66. The van der Waals surface area contributed by atoms with Crippen molar-refractivity contribution >= 4 is 11.6 Å². The van der Waals surface area contributed by atoms with Gasteiger partial charge >= 0.3 is 0 Å². The second-order valence-corrected chi connectivity index (χ2v) is 6.41. The third-order valence-electron chi connectivity index (χ3n) is 3.78. The highest BCUT2D eigenvalue weighted by atomic mass is 35.5. The summed E-state index contributed by atoms with van der Waals surface area (Å²) in [6, 6.07) is 8.59. The minimum absolute atomic E-state index is 0.514. The van der Waals surface area contributed by atoms with Gasteiger partial charge in [0.25, 0.3) is 0 Å². The summed E-state index contributed by atoms with van der Waals surface area (Å²) >= 11 is 5.90. The molecule has 1 fully saturated rings. The fourth-order valence-corrected chi connectivity index (χ4v) is 2.90. The molecule has 0 unspecified atom stereocenters. The Hall–Kier alpha value is -1.28. The minimum Gasteiger partial charge on any atom is -0.234 e. The topological polar surface area (TPSA) is 8.81 Å². The molecule has 1 heterocycles. The van der Waals surface area contributed by atoms with Gasteiger partial charge in [0.2, 0.25) is 6.33 Å². The first-order chi connectivity index (χ1) is 8.53. The maximum Gasteiger partial charge on any atom is 0.249 e. The standard InChI is InChI=1S/C15H18ClN2/c1-15(2)9-14(10-15)18-8-7-17(11-18)13-5-3-12(16)4-6-13/h3-8,11,14H,9-10H2,1-2H3/q+1. The van der Waals surface area contributed by atoms with Crippen LogP contribution in [0.3, 0.4) is 0 Å². The van der Waals surface area contributed by atoms with Gasteiger partial charge in [0.05, 0.1) is 0 Å². The average Bonchev–Trinajstić information content (AvgIpc) is 2.76. The molecule has 0 saturated heterocycles. The number of aromatic nitrogens is 2. The van der Waals surface area contributed by atoms with E-state index in [-0.39, 0.29) is 0 Å². The van der Waals surface area contributed by atoms with Crippen molar-refractivity contribution in [3.63, 3.8) is 0 Å². The van der Waals surface area contributed by atoms with E-state index in [9.17, 15) is 0 Å². The van der Waals surface area contributed by atoms with E-state index in [0.29, 0.717) is 11.5 Å². The maximum atomic E-state index is 5.90. The second-order valence-electron chi connectivity index (χ2n) is 5.97. The summed E-state index contributed by atoms with van der Waals surface area (Å²) in [4.78, 5) is 0. The zero-order valence-electron chi connectivity index (χ0n) is 10.8. The van der Waals surface area contributed by atoms with Gasteiger partial charge in [-0.2, -0.15) is 0 Å². The fraction of sp³-hybridized carbons (Fsp3) is 0.400. The van der Waals surface area contributed by atoms with Crippen LogP contribution in [0, 0.1) is 5.41 Å². The van der Waals surface area contributed by atoms with Crippen molar-refractivity contribution in [2.75, 3.05) is 0 Å². The number of halogens is 1. The third-order valence-corrected chi connectivity index (χ3v) is 4.03. The molecule has 1 aliphatic rings. The van der Waals surface area contributed by atoms with Crippen LogP contribution in [-0.4, -0.2) is 4.57 Å². The smallest absolute Gasteiger partial charge is 0.234 e. The van der Waals surface area contributed by atoms with E-state index >= 15 is 0 Å². The first kappa shape index (κ1) is 11.8. The maximum absolute atomic E-state index is 5.90. The van der Waals surface area contributed by atoms with Gasteiger partial charge in [0.1, 0.15) is 24.1 Å². The molecule has 1 saturated carbocycles. The number of hydrogen-bond acceptors (Lipinski definition) is 0. The molecule has 0 bridgehead atoms. The summed E-state index contributed by atoms with van der Waals surface area (Å²) in [5.74, 6) is 0. The molecule has 2 aromatic rings. The van der Waals surface area contributed by atoms with Crippen LogP contribution in [0.5, 0.6) is 0 Å². The molecule has 18 heavy (non-hydrogen) atoms. The van der Waals surface area contributed by atoms with Crippen molar-refractivity contribution < 1.29 is 4.57 Å². The Balaban J connectivity index is 1.80. The van der Waals surface area contributed by atoms with Crippen LogP contribution in [0.2, 0.25) is 5.02 Å². The summed E-state index contributed by atoms with van der Waals surface area (Å²) in [6.45, 7) is 4.67. The summed E-state index contributed by atoms with van der Waals surface area (Å²) in [6.07, 6.45) is 8.97. The lowest BCUT2D eigenvalue weighted by molar-refractivity contribution is -0.738. The summed E-state index contributed by atoms with van der Waals surface area (Å²) < 4.78 is 4.46. The molecule has 1 aromatic heterocycles. The SMILES string of the molecule is CC1(C)CC([n+]2ccn(-c3ccc(Cl)cc3)c2)C1. The van der Waals surface area contributed by atoms with E-state index < -0.39 is 0 Å². The molecule has 94 valence electrons. The minimum atomic E-state index is 0.514. The van der Waals surface area contributed by atoms with Crippen LogP contribution in [0.4, 0.5) is 0 Å². The van der Waals surface area contributed by atoms with Gasteiger partial charge < -0.3 is 0 Å². The van der Waals surface area contributed by atoms with E-state index in [1.807, 2.05) is 24.3 Å². The number of benzene rings is 1. The normalized spacial score (nSPS) is 18.6. The first-order valence-corrected chi connectivity index (χ1v) is 6.76. The van der Waals surface area contributed by atoms with E-state index in [2.05, 4.69) is 41.7 Å². The zero-order valence-corrected chi connectivity index (χ0v) is 11.6. The predicted octanol–water partition coefficient (Wildman–Crippen LogP) is 3.78. The predicted molar refractivity (Wildman–Crippen MR) is 73.0 cm³/mol. The molecule has 0 amide bonds. The molecule has 0 atom stereocenters. The molecule has 0 N–H and O–H groups in total. The van der Waals surface area contributed by atoms with Crippen LogP contribution < -0.4 is 4.57 Å². The molecule has 0 radical (unpaired) electrons. The molecule has 3 heteroatoms. The monoisotopic (exact) mass is 261 g/mol. The van der Waals surface area contributed by atoms with Gasteiger partial charge in [-0.1, -0.05) is 25.4 Å². The Kier molecular flexibility index (Phi) is 2.70. The largest absolute Gasteiger partial charge is 0.249 e. The Labute approximate surface area is 113 Å². The number of hydrogen-bond donors (Lipinski definition) is 0. The molecule has 2 nitrogen and oxygen atoms in total. The van der Waals surface area contributed by atoms with Crippen molar-refractivity contribution in [2.24, 2.45) is 5.41 Å². The highest BCUT2D eigenvalue weighted by Crippen LogP contribution is 2.44. The Morgan fingerprint density at radius 1 is 1.22 bits per heavy atom. The molecule has 1 aliphatic carbocycles. The lowest BCUT2D eigenvalue weighted by Crippen LogP contribution is -2.48.